The molecule has 0 bridgehead atoms. The van der Waals surface area contributed by atoms with Crippen molar-refractivity contribution in [3.05, 3.63) is 41.2 Å². The summed E-state index contributed by atoms with van der Waals surface area (Å²) < 4.78 is 5.41. The number of nitrogens with zero attached hydrogens (tertiary/aromatic N) is 3. The van der Waals surface area contributed by atoms with Crippen molar-refractivity contribution >= 4 is 22.4 Å². The number of ether oxygens (including phenoxy) is 1. The number of nitrogens with one attached hydrogen (secondary N) is 1. The van der Waals surface area contributed by atoms with E-state index in [0.29, 0.717) is 24.9 Å². The molecule has 7 nitrogen and oxygen atoms in total. The quantitative estimate of drug-likeness (QED) is 0.721. The first-order valence-corrected chi connectivity index (χ1v) is 9.31. The van der Waals surface area contributed by atoms with Gasteiger partial charge in [0.25, 0.3) is 0 Å². The number of aromatic nitrogens is 2. The fourth-order valence-corrected chi connectivity index (χ4v) is 3.51. The predicted molar refractivity (Wildman–Crippen MR) is 97.2 cm³/mol. The summed E-state index contributed by atoms with van der Waals surface area (Å²) in [6.45, 7) is 3.39. The van der Waals surface area contributed by atoms with Gasteiger partial charge in [-0.15, -0.1) is 11.3 Å². The van der Waals surface area contributed by atoms with Crippen LogP contribution in [-0.2, 0) is 16.0 Å². The maximum atomic E-state index is 12.8. The number of hydrogen-bond acceptors (Lipinski definition) is 7. The van der Waals surface area contributed by atoms with E-state index in [1.54, 1.807) is 12.4 Å². The third kappa shape index (κ3) is 4.97. The highest BCUT2D eigenvalue weighted by molar-refractivity contribution is 7.13. The van der Waals surface area contributed by atoms with Gasteiger partial charge in [-0.05, 0) is 24.5 Å². The number of carbonyl (C=O) groups is 1. The summed E-state index contributed by atoms with van der Waals surface area (Å²) in [5.74, 6) is 0.00712. The van der Waals surface area contributed by atoms with Gasteiger partial charge < -0.3 is 15.8 Å². The second-order valence-electron chi connectivity index (χ2n) is 5.91. The normalized spacial score (nSPS) is 16.5. The molecule has 1 aliphatic rings. The Morgan fingerprint density at radius 1 is 1.44 bits per heavy atom. The summed E-state index contributed by atoms with van der Waals surface area (Å²) in [6, 6.07) is 3.49. The highest BCUT2D eigenvalue weighted by Gasteiger charge is 2.28. The topological polar surface area (TPSA) is 93.4 Å². The SMILES string of the molecule is Nc1nc(CCCNC(=O)[C@H](c2cccnc2)N2CCOCC2)cs1. The molecule has 2 aromatic rings. The van der Waals surface area contributed by atoms with Crippen LogP contribution in [0.3, 0.4) is 0 Å². The largest absolute Gasteiger partial charge is 0.379 e. The predicted octanol–water partition coefficient (Wildman–Crippen LogP) is 1.24. The third-order valence-corrected chi connectivity index (χ3v) is 4.86. The number of aryl methyl sites for hydroxylation is 1. The van der Waals surface area contributed by atoms with Crippen LogP contribution in [0.25, 0.3) is 0 Å². The van der Waals surface area contributed by atoms with Crippen LogP contribution in [0.1, 0.15) is 23.7 Å². The molecule has 0 radical (unpaired) electrons. The lowest BCUT2D eigenvalue weighted by Crippen LogP contribution is -2.46. The third-order valence-electron chi connectivity index (χ3n) is 4.14. The minimum atomic E-state index is -0.326. The van der Waals surface area contributed by atoms with Crippen molar-refractivity contribution in [3.63, 3.8) is 0 Å². The molecule has 3 heterocycles. The van der Waals surface area contributed by atoms with E-state index in [1.165, 1.54) is 11.3 Å². The van der Waals surface area contributed by atoms with Crippen molar-refractivity contribution in [1.29, 1.82) is 0 Å². The number of pyridine rings is 1. The molecule has 3 N–H and O–H groups in total. The van der Waals surface area contributed by atoms with Crippen LogP contribution >= 0.6 is 11.3 Å². The van der Waals surface area contributed by atoms with E-state index in [-0.39, 0.29) is 11.9 Å². The number of nitrogen functional groups attached to an aromatic ring is 1. The second-order valence-corrected chi connectivity index (χ2v) is 6.80. The molecule has 0 aliphatic carbocycles. The van der Waals surface area contributed by atoms with Crippen LogP contribution in [0.5, 0.6) is 0 Å². The standard InChI is InChI=1S/C17H23N5O2S/c18-17-21-14(12-25-17)4-2-6-20-16(23)15(13-3-1-5-19-11-13)22-7-9-24-10-8-22/h1,3,5,11-12,15H,2,4,6-10H2,(H2,18,21)(H,20,23)/t15-/m0/s1. The van der Waals surface area contributed by atoms with Crippen molar-refractivity contribution in [2.45, 2.75) is 18.9 Å². The molecule has 25 heavy (non-hydrogen) atoms. The van der Waals surface area contributed by atoms with Crippen LogP contribution in [-0.4, -0.2) is 53.6 Å². The Morgan fingerprint density at radius 3 is 2.96 bits per heavy atom. The molecule has 1 atom stereocenters. The van der Waals surface area contributed by atoms with Gasteiger partial charge in [0.2, 0.25) is 5.91 Å². The fourth-order valence-electron chi connectivity index (χ4n) is 2.92. The molecule has 0 unspecified atom stereocenters. The molecule has 1 fully saturated rings. The summed E-state index contributed by atoms with van der Waals surface area (Å²) in [5.41, 5.74) is 7.53. The number of thiazole rings is 1. The van der Waals surface area contributed by atoms with Gasteiger partial charge in [0.15, 0.2) is 5.13 Å². The number of anilines is 1. The number of rotatable bonds is 7. The fraction of sp³-hybridized carbons (Fsp3) is 0.471. The van der Waals surface area contributed by atoms with Gasteiger partial charge in [-0.2, -0.15) is 0 Å². The van der Waals surface area contributed by atoms with E-state index in [4.69, 9.17) is 10.5 Å². The lowest BCUT2D eigenvalue weighted by Gasteiger charge is -2.33. The van der Waals surface area contributed by atoms with Crippen molar-refractivity contribution in [3.8, 4) is 0 Å². The molecule has 1 aliphatic heterocycles. The Kier molecular flexibility index (Phi) is 6.32. The van der Waals surface area contributed by atoms with Crippen molar-refractivity contribution in [2.24, 2.45) is 0 Å². The van der Waals surface area contributed by atoms with E-state index >= 15 is 0 Å². The highest BCUT2D eigenvalue weighted by Crippen LogP contribution is 2.21. The number of morpholine rings is 1. The zero-order chi connectivity index (χ0) is 17.5. The van der Waals surface area contributed by atoms with Gasteiger partial charge in [0.05, 0.1) is 18.9 Å². The Labute approximate surface area is 151 Å². The van der Waals surface area contributed by atoms with Gasteiger partial charge >= 0.3 is 0 Å². The first kappa shape index (κ1) is 17.8. The Hall–Kier alpha value is -2.03. The minimum Gasteiger partial charge on any atom is -0.379 e. The van der Waals surface area contributed by atoms with Crippen LogP contribution < -0.4 is 11.1 Å². The van der Waals surface area contributed by atoms with Crippen molar-refractivity contribution < 1.29 is 9.53 Å². The summed E-state index contributed by atoms with van der Waals surface area (Å²) in [6.07, 6.45) is 5.12. The lowest BCUT2D eigenvalue weighted by molar-refractivity contribution is -0.128. The van der Waals surface area contributed by atoms with Crippen LogP contribution in [0.4, 0.5) is 5.13 Å². The zero-order valence-corrected chi connectivity index (χ0v) is 14.9. The average molecular weight is 361 g/mol. The van der Waals surface area contributed by atoms with Crippen molar-refractivity contribution in [2.75, 3.05) is 38.6 Å². The van der Waals surface area contributed by atoms with E-state index in [9.17, 15) is 4.79 Å². The highest BCUT2D eigenvalue weighted by atomic mass is 32.1. The molecule has 0 saturated carbocycles. The molecule has 8 heteroatoms. The zero-order valence-electron chi connectivity index (χ0n) is 14.1. The number of hydrogen-bond donors (Lipinski definition) is 2. The maximum absolute atomic E-state index is 12.8. The summed E-state index contributed by atoms with van der Waals surface area (Å²) in [7, 11) is 0. The Bertz CT molecular complexity index is 673. The summed E-state index contributed by atoms with van der Waals surface area (Å²) >= 11 is 1.44. The molecule has 3 rings (SSSR count). The van der Waals surface area contributed by atoms with Crippen LogP contribution in [0.2, 0.25) is 0 Å². The number of carbonyl (C=O) groups excluding carboxylic acids is 1. The van der Waals surface area contributed by atoms with E-state index in [2.05, 4.69) is 20.2 Å². The molecular formula is C17H23N5O2S. The first-order valence-electron chi connectivity index (χ1n) is 8.43. The molecule has 1 saturated heterocycles. The molecular weight excluding hydrogens is 338 g/mol. The van der Waals surface area contributed by atoms with Crippen molar-refractivity contribution in [1.82, 2.24) is 20.2 Å². The summed E-state index contributed by atoms with van der Waals surface area (Å²) in [4.78, 5) is 23.4. The molecule has 2 aromatic heterocycles. The molecule has 0 aromatic carbocycles. The van der Waals surface area contributed by atoms with Gasteiger partial charge in [-0.3, -0.25) is 14.7 Å². The van der Waals surface area contributed by atoms with Crippen LogP contribution in [0, 0.1) is 0 Å². The number of amides is 1. The van der Waals surface area contributed by atoms with Gasteiger partial charge in [0.1, 0.15) is 6.04 Å². The van der Waals surface area contributed by atoms with E-state index in [1.807, 2.05) is 17.5 Å². The molecule has 0 spiro atoms. The smallest absolute Gasteiger partial charge is 0.242 e. The molecule has 134 valence electrons. The van der Waals surface area contributed by atoms with Gasteiger partial charge in [0, 0.05) is 37.4 Å². The van der Waals surface area contributed by atoms with Crippen LogP contribution in [0.15, 0.2) is 29.9 Å². The Morgan fingerprint density at radius 2 is 2.28 bits per heavy atom. The lowest BCUT2D eigenvalue weighted by atomic mass is 10.1. The second kappa shape index (κ2) is 8.89. The number of nitrogens with two attached hydrogens (primary N) is 1. The first-order chi connectivity index (χ1) is 12.2. The monoisotopic (exact) mass is 361 g/mol. The average Bonchev–Trinajstić information content (AvgIpc) is 3.06. The van der Waals surface area contributed by atoms with E-state index in [0.717, 1.165) is 37.2 Å². The molecule has 1 amide bonds. The summed E-state index contributed by atoms with van der Waals surface area (Å²) in [5, 5.41) is 5.60. The Balaban J connectivity index is 1.57. The van der Waals surface area contributed by atoms with Gasteiger partial charge in [-0.1, -0.05) is 6.07 Å². The van der Waals surface area contributed by atoms with E-state index < -0.39 is 0 Å². The van der Waals surface area contributed by atoms with Gasteiger partial charge in [-0.25, -0.2) is 4.98 Å². The minimum absolute atomic E-state index is 0.00712. The maximum Gasteiger partial charge on any atom is 0.242 e.